The van der Waals surface area contributed by atoms with E-state index in [2.05, 4.69) is 30.4 Å². The molecular weight excluding hydrogens is 313 g/mol. The van der Waals surface area contributed by atoms with Gasteiger partial charge < -0.3 is 10.1 Å². The molecule has 128 valence electrons. The molecule has 0 aliphatic rings. The van der Waals surface area contributed by atoms with Gasteiger partial charge in [0.1, 0.15) is 11.6 Å². The molecule has 0 unspecified atom stereocenters. The summed E-state index contributed by atoms with van der Waals surface area (Å²) in [6.07, 6.45) is 0. The van der Waals surface area contributed by atoms with Crippen LogP contribution in [0.5, 0.6) is 5.75 Å². The Kier molecular flexibility index (Phi) is 5.46. The molecule has 3 rings (SSSR count). The van der Waals surface area contributed by atoms with E-state index in [-0.39, 0.29) is 11.9 Å². The van der Waals surface area contributed by atoms with E-state index in [4.69, 9.17) is 4.74 Å². The van der Waals surface area contributed by atoms with Crippen LogP contribution in [0.2, 0.25) is 0 Å². The van der Waals surface area contributed by atoms with Gasteiger partial charge >= 0.3 is 0 Å². The van der Waals surface area contributed by atoms with Gasteiger partial charge in [0.2, 0.25) is 0 Å². The highest BCUT2D eigenvalue weighted by Gasteiger charge is 2.07. The van der Waals surface area contributed by atoms with Crippen molar-refractivity contribution in [2.75, 3.05) is 7.11 Å². The van der Waals surface area contributed by atoms with Crippen molar-refractivity contribution in [3.05, 3.63) is 89.7 Å². The molecule has 0 amide bonds. The van der Waals surface area contributed by atoms with Gasteiger partial charge in [-0.05, 0) is 47.9 Å². The van der Waals surface area contributed by atoms with E-state index in [0.717, 1.165) is 23.4 Å². The monoisotopic (exact) mass is 335 g/mol. The number of hydrogen-bond acceptors (Lipinski definition) is 2. The summed E-state index contributed by atoms with van der Waals surface area (Å²) in [5.74, 6) is 0.660. The molecule has 1 N–H and O–H groups in total. The van der Waals surface area contributed by atoms with E-state index in [1.807, 2.05) is 42.5 Å². The van der Waals surface area contributed by atoms with Crippen molar-refractivity contribution in [3.63, 3.8) is 0 Å². The summed E-state index contributed by atoms with van der Waals surface area (Å²) in [6, 6.07) is 23.1. The standard InChI is InChI=1S/C22H22FNO/c1-16(18-10-12-20(25-2)13-11-18)24-15-17-6-5-7-19(14-17)21-8-3-4-9-22(21)23/h3-14,16,24H,15H2,1-2H3/t16-/m1/s1. The fourth-order valence-electron chi connectivity index (χ4n) is 2.83. The highest BCUT2D eigenvalue weighted by atomic mass is 19.1. The highest BCUT2D eigenvalue weighted by Crippen LogP contribution is 2.24. The number of methoxy groups -OCH3 is 1. The summed E-state index contributed by atoms with van der Waals surface area (Å²) in [5.41, 5.74) is 3.86. The van der Waals surface area contributed by atoms with Crippen LogP contribution in [0.4, 0.5) is 4.39 Å². The van der Waals surface area contributed by atoms with Gasteiger partial charge in [-0.2, -0.15) is 0 Å². The fourth-order valence-corrected chi connectivity index (χ4v) is 2.83. The first kappa shape index (κ1) is 17.2. The molecule has 0 radical (unpaired) electrons. The summed E-state index contributed by atoms with van der Waals surface area (Å²) in [4.78, 5) is 0. The van der Waals surface area contributed by atoms with E-state index < -0.39 is 0 Å². The van der Waals surface area contributed by atoms with Crippen LogP contribution in [0.25, 0.3) is 11.1 Å². The zero-order valence-electron chi connectivity index (χ0n) is 14.5. The molecule has 0 saturated carbocycles. The average molecular weight is 335 g/mol. The Bertz CT molecular complexity index is 829. The van der Waals surface area contributed by atoms with Crippen molar-refractivity contribution in [3.8, 4) is 16.9 Å². The maximum absolute atomic E-state index is 14.0. The topological polar surface area (TPSA) is 21.3 Å². The molecule has 1 atom stereocenters. The minimum absolute atomic E-state index is 0.195. The molecule has 25 heavy (non-hydrogen) atoms. The number of halogens is 1. The molecule has 3 heteroatoms. The van der Waals surface area contributed by atoms with Crippen molar-refractivity contribution in [2.45, 2.75) is 19.5 Å². The molecule has 0 aliphatic heterocycles. The Balaban J connectivity index is 1.69. The first-order chi connectivity index (χ1) is 12.2. The molecule has 0 aliphatic carbocycles. The van der Waals surface area contributed by atoms with Crippen LogP contribution in [0.3, 0.4) is 0 Å². The van der Waals surface area contributed by atoms with Crippen LogP contribution >= 0.6 is 0 Å². The SMILES string of the molecule is COc1ccc([C@@H](C)NCc2cccc(-c3ccccc3F)c2)cc1. The average Bonchev–Trinajstić information content (AvgIpc) is 2.67. The number of hydrogen-bond donors (Lipinski definition) is 1. The van der Waals surface area contributed by atoms with Gasteiger partial charge in [-0.25, -0.2) is 4.39 Å². The molecule has 0 saturated heterocycles. The van der Waals surface area contributed by atoms with Gasteiger partial charge in [0, 0.05) is 18.2 Å². The quantitative estimate of drug-likeness (QED) is 0.655. The lowest BCUT2D eigenvalue weighted by Crippen LogP contribution is -2.18. The summed E-state index contributed by atoms with van der Waals surface area (Å²) in [7, 11) is 1.67. The van der Waals surface area contributed by atoms with Crippen LogP contribution in [0.1, 0.15) is 24.1 Å². The first-order valence-corrected chi connectivity index (χ1v) is 8.38. The minimum Gasteiger partial charge on any atom is -0.497 e. The van der Waals surface area contributed by atoms with Crippen molar-refractivity contribution in [1.82, 2.24) is 5.32 Å². The molecule has 0 spiro atoms. The summed E-state index contributed by atoms with van der Waals surface area (Å²) < 4.78 is 19.2. The van der Waals surface area contributed by atoms with Gasteiger partial charge in [-0.3, -0.25) is 0 Å². The third-order valence-corrected chi connectivity index (χ3v) is 4.34. The molecular formula is C22H22FNO. The van der Waals surface area contributed by atoms with E-state index >= 15 is 0 Å². The van der Waals surface area contributed by atoms with Crippen LogP contribution in [0, 0.1) is 5.82 Å². The number of ether oxygens (including phenoxy) is 1. The van der Waals surface area contributed by atoms with E-state index in [1.54, 1.807) is 13.2 Å². The second-order valence-electron chi connectivity index (χ2n) is 6.06. The summed E-state index contributed by atoms with van der Waals surface area (Å²) in [6.45, 7) is 2.85. The Morgan fingerprint density at radius 3 is 2.44 bits per heavy atom. The Morgan fingerprint density at radius 2 is 1.72 bits per heavy atom. The molecule has 0 aromatic heterocycles. The number of rotatable bonds is 6. The minimum atomic E-state index is -0.195. The summed E-state index contributed by atoms with van der Waals surface area (Å²) >= 11 is 0. The second-order valence-corrected chi connectivity index (χ2v) is 6.06. The van der Waals surface area contributed by atoms with E-state index in [1.165, 1.54) is 11.6 Å². The predicted octanol–water partition coefficient (Wildman–Crippen LogP) is 5.35. The van der Waals surface area contributed by atoms with Crippen molar-refractivity contribution in [1.29, 1.82) is 0 Å². The van der Waals surface area contributed by atoms with Crippen molar-refractivity contribution >= 4 is 0 Å². The summed E-state index contributed by atoms with van der Waals surface area (Å²) in [5, 5.41) is 3.51. The van der Waals surface area contributed by atoms with Crippen molar-refractivity contribution in [2.24, 2.45) is 0 Å². The Hall–Kier alpha value is -2.65. The second kappa shape index (κ2) is 7.95. The van der Waals surface area contributed by atoms with Crippen LogP contribution in [-0.4, -0.2) is 7.11 Å². The zero-order valence-corrected chi connectivity index (χ0v) is 14.5. The third-order valence-electron chi connectivity index (χ3n) is 4.34. The van der Waals surface area contributed by atoms with E-state index in [0.29, 0.717) is 5.56 Å². The maximum atomic E-state index is 14.0. The van der Waals surface area contributed by atoms with Gasteiger partial charge in [0.15, 0.2) is 0 Å². The van der Waals surface area contributed by atoms with Crippen LogP contribution in [0.15, 0.2) is 72.8 Å². The smallest absolute Gasteiger partial charge is 0.131 e. The van der Waals surface area contributed by atoms with E-state index in [9.17, 15) is 4.39 Å². The fraction of sp³-hybridized carbons (Fsp3) is 0.182. The third kappa shape index (κ3) is 4.25. The van der Waals surface area contributed by atoms with Crippen molar-refractivity contribution < 1.29 is 9.13 Å². The van der Waals surface area contributed by atoms with Gasteiger partial charge in [-0.1, -0.05) is 48.5 Å². The molecule has 3 aromatic rings. The molecule has 0 fully saturated rings. The Labute approximate surface area is 148 Å². The van der Waals surface area contributed by atoms with Gasteiger partial charge in [0.25, 0.3) is 0 Å². The lowest BCUT2D eigenvalue weighted by Gasteiger charge is -2.15. The highest BCUT2D eigenvalue weighted by molar-refractivity contribution is 5.64. The molecule has 0 heterocycles. The normalized spacial score (nSPS) is 12.0. The largest absolute Gasteiger partial charge is 0.497 e. The predicted molar refractivity (Wildman–Crippen MR) is 100 cm³/mol. The zero-order chi connectivity index (χ0) is 17.6. The lowest BCUT2D eigenvalue weighted by molar-refractivity contribution is 0.414. The van der Waals surface area contributed by atoms with Gasteiger partial charge in [-0.15, -0.1) is 0 Å². The van der Waals surface area contributed by atoms with Gasteiger partial charge in [0.05, 0.1) is 7.11 Å². The molecule has 0 bridgehead atoms. The van der Waals surface area contributed by atoms with Crippen LogP contribution < -0.4 is 10.1 Å². The molecule has 3 aromatic carbocycles. The lowest BCUT2D eigenvalue weighted by atomic mass is 10.0. The first-order valence-electron chi connectivity index (χ1n) is 8.38. The number of nitrogens with one attached hydrogen (secondary N) is 1. The van der Waals surface area contributed by atoms with Crippen LogP contribution in [-0.2, 0) is 6.54 Å². The Morgan fingerprint density at radius 1 is 0.960 bits per heavy atom. The molecule has 2 nitrogen and oxygen atoms in total. The number of benzene rings is 3. The maximum Gasteiger partial charge on any atom is 0.131 e.